The van der Waals surface area contributed by atoms with Gasteiger partial charge in [-0.25, -0.2) is 31.3 Å². The lowest BCUT2D eigenvalue weighted by Gasteiger charge is -2.40. The summed E-state index contributed by atoms with van der Waals surface area (Å²) in [5, 5.41) is 2.75. The standard InChI is InChI=1S/C31H34F6N6O2/c1-18(28(44)40-26-17-43-25(2-3-27(43)39-26)19-11-22(32)13-23(33)12-19)42-9-6-31(36,37)24(16-42)20-10-21(29(45)38-14-20)15-41-7-4-30(34,35)5-8-41/h10-14,17-18,24-25H,2-9,15-16H2,1H3,(H,38,45)(H,40,44)/t18-,24-,25+/m0/s1. The summed E-state index contributed by atoms with van der Waals surface area (Å²) in [6, 6.07) is 3.62. The van der Waals surface area contributed by atoms with Gasteiger partial charge in [0, 0.05) is 82.4 Å². The number of fused-ring (bicyclic) bond motifs is 1. The molecule has 45 heavy (non-hydrogen) atoms. The third kappa shape index (κ3) is 6.67. The Morgan fingerprint density at radius 3 is 2.47 bits per heavy atom. The predicted molar refractivity (Wildman–Crippen MR) is 154 cm³/mol. The molecule has 0 spiro atoms. The van der Waals surface area contributed by atoms with Gasteiger partial charge < -0.3 is 14.9 Å². The summed E-state index contributed by atoms with van der Waals surface area (Å²) in [5.41, 5.74) is 0.428. The molecule has 2 saturated heterocycles. The fraction of sp³-hybridized carbons (Fsp3) is 0.516. The van der Waals surface area contributed by atoms with E-state index < -0.39 is 53.3 Å². The van der Waals surface area contributed by atoms with Crippen molar-refractivity contribution in [1.82, 2.24) is 24.3 Å². The number of pyridine rings is 1. The highest BCUT2D eigenvalue weighted by Crippen LogP contribution is 2.41. The number of hydrogen-bond acceptors (Lipinski definition) is 5. The Hall–Kier alpha value is -3.65. The van der Waals surface area contributed by atoms with Crippen molar-refractivity contribution in [2.45, 2.75) is 75.4 Å². The second kappa shape index (κ2) is 11.9. The third-order valence-electron chi connectivity index (χ3n) is 9.28. The Balaban J connectivity index is 1.13. The zero-order valence-electron chi connectivity index (χ0n) is 24.6. The van der Waals surface area contributed by atoms with Crippen LogP contribution in [0.5, 0.6) is 0 Å². The molecular formula is C31H34F6N6O2. The van der Waals surface area contributed by atoms with Crippen LogP contribution in [0.1, 0.15) is 67.1 Å². The Bertz CT molecular complexity index is 1610. The number of amides is 1. The first-order chi connectivity index (χ1) is 21.3. The van der Waals surface area contributed by atoms with E-state index in [1.54, 1.807) is 27.5 Å². The number of aryl methyl sites for hydroxylation is 1. The molecule has 14 heteroatoms. The maximum absolute atomic E-state index is 15.3. The molecule has 0 radical (unpaired) electrons. The summed E-state index contributed by atoms with van der Waals surface area (Å²) in [7, 11) is 0. The van der Waals surface area contributed by atoms with Gasteiger partial charge in [0.15, 0.2) is 5.82 Å². The fourth-order valence-electron chi connectivity index (χ4n) is 6.62. The minimum atomic E-state index is -3.11. The molecule has 3 aliphatic heterocycles. The Labute approximate surface area is 255 Å². The lowest BCUT2D eigenvalue weighted by molar-refractivity contribution is -0.125. The monoisotopic (exact) mass is 636 g/mol. The van der Waals surface area contributed by atoms with Crippen LogP contribution >= 0.6 is 0 Å². The number of benzene rings is 1. The summed E-state index contributed by atoms with van der Waals surface area (Å²) in [6.45, 7) is 1.69. The van der Waals surface area contributed by atoms with E-state index in [2.05, 4.69) is 15.3 Å². The smallest absolute Gasteiger partial charge is 0.257 e. The number of hydrogen-bond donors (Lipinski definition) is 2. The van der Waals surface area contributed by atoms with Gasteiger partial charge >= 0.3 is 0 Å². The van der Waals surface area contributed by atoms with Crippen LogP contribution in [0.25, 0.3) is 0 Å². The topological polar surface area (TPSA) is 86.3 Å². The number of imidazole rings is 1. The molecule has 3 aliphatic rings. The molecule has 0 unspecified atom stereocenters. The minimum absolute atomic E-state index is 0.0385. The molecule has 0 aliphatic carbocycles. The van der Waals surface area contributed by atoms with E-state index in [4.69, 9.17) is 0 Å². The van der Waals surface area contributed by atoms with Gasteiger partial charge in [0.1, 0.15) is 17.5 Å². The molecule has 3 aromatic rings. The Morgan fingerprint density at radius 2 is 1.76 bits per heavy atom. The molecule has 5 heterocycles. The Morgan fingerprint density at radius 1 is 1.04 bits per heavy atom. The highest BCUT2D eigenvalue weighted by molar-refractivity contribution is 5.93. The van der Waals surface area contributed by atoms with Crippen LogP contribution in [0.3, 0.4) is 0 Å². The van der Waals surface area contributed by atoms with E-state index in [0.29, 0.717) is 24.2 Å². The van der Waals surface area contributed by atoms with Crippen molar-refractivity contribution < 1.29 is 31.1 Å². The molecule has 3 atom stereocenters. The van der Waals surface area contributed by atoms with Gasteiger partial charge in [-0.2, -0.15) is 0 Å². The average molecular weight is 637 g/mol. The van der Waals surface area contributed by atoms with Crippen LogP contribution in [0.15, 0.2) is 41.5 Å². The molecule has 1 amide bonds. The number of rotatable bonds is 7. The largest absolute Gasteiger partial charge is 0.329 e. The van der Waals surface area contributed by atoms with Gasteiger partial charge in [0.25, 0.3) is 17.4 Å². The number of halogens is 6. The van der Waals surface area contributed by atoms with E-state index in [-0.39, 0.29) is 68.6 Å². The van der Waals surface area contributed by atoms with E-state index in [0.717, 1.165) is 6.07 Å². The SMILES string of the molecule is C[C@@H](C(=O)Nc1cn2c(n1)CC[C@@H]2c1cc(F)cc(F)c1)N1CCC(F)(F)[C@H](c2c[nH]c(=O)c(CN3CCC(F)(F)CC3)c2)C1. The molecule has 6 rings (SSSR count). The molecule has 8 nitrogen and oxygen atoms in total. The number of nitrogens with one attached hydrogen (secondary N) is 2. The number of alkyl halides is 4. The molecule has 0 bridgehead atoms. The highest BCUT2D eigenvalue weighted by Gasteiger charge is 2.47. The van der Waals surface area contributed by atoms with Gasteiger partial charge in [-0.05, 0) is 42.7 Å². The number of nitrogens with zero attached hydrogens (tertiary/aromatic N) is 4. The molecule has 242 valence electrons. The summed E-state index contributed by atoms with van der Waals surface area (Å²) in [6.07, 6.45) is 2.86. The van der Waals surface area contributed by atoms with Gasteiger partial charge in [-0.15, -0.1) is 0 Å². The van der Waals surface area contributed by atoms with E-state index in [9.17, 15) is 27.2 Å². The van der Waals surface area contributed by atoms with E-state index in [1.165, 1.54) is 24.4 Å². The van der Waals surface area contributed by atoms with Gasteiger partial charge in [0.05, 0.1) is 18.0 Å². The lowest BCUT2D eigenvalue weighted by atomic mass is 9.86. The van der Waals surface area contributed by atoms with Crippen molar-refractivity contribution >= 4 is 11.7 Å². The average Bonchev–Trinajstić information content (AvgIpc) is 3.55. The zero-order valence-corrected chi connectivity index (χ0v) is 24.6. The van der Waals surface area contributed by atoms with Crippen molar-refractivity contribution in [2.75, 3.05) is 31.5 Å². The van der Waals surface area contributed by atoms with Crippen LogP contribution in [0.2, 0.25) is 0 Å². The van der Waals surface area contributed by atoms with Crippen LogP contribution in [-0.2, 0) is 17.8 Å². The number of carbonyl (C=O) groups excluding carboxylic acids is 1. The van der Waals surface area contributed by atoms with Crippen molar-refractivity contribution in [3.8, 4) is 0 Å². The first-order valence-corrected chi connectivity index (χ1v) is 15.1. The van der Waals surface area contributed by atoms with Gasteiger partial charge in [-0.3, -0.25) is 19.4 Å². The van der Waals surface area contributed by atoms with Gasteiger partial charge in [0.2, 0.25) is 5.91 Å². The molecule has 2 fully saturated rings. The molecular weight excluding hydrogens is 602 g/mol. The van der Waals surface area contributed by atoms with E-state index >= 15 is 8.78 Å². The van der Waals surface area contributed by atoms with Crippen LogP contribution < -0.4 is 10.9 Å². The molecule has 2 aromatic heterocycles. The van der Waals surface area contributed by atoms with Crippen molar-refractivity contribution in [3.63, 3.8) is 0 Å². The Kier molecular flexibility index (Phi) is 8.31. The summed E-state index contributed by atoms with van der Waals surface area (Å²) < 4.78 is 87.1. The normalized spacial score (nSPS) is 23.9. The number of piperidine rings is 2. The lowest BCUT2D eigenvalue weighted by Crippen LogP contribution is -2.52. The third-order valence-corrected chi connectivity index (χ3v) is 9.28. The number of likely N-dealkylation sites (tertiary alicyclic amines) is 2. The number of aromatic nitrogens is 3. The molecule has 1 aromatic carbocycles. The molecule has 0 saturated carbocycles. The van der Waals surface area contributed by atoms with Crippen LogP contribution in [-0.4, -0.2) is 74.3 Å². The predicted octanol–water partition coefficient (Wildman–Crippen LogP) is 5.07. The molecule has 2 N–H and O–H groups in total. The number of carbonyl (C=O) groups is 1. The van der Waals surface area contributed by atoms with Crippen molar-refractivity contribution in [2.24, 2.45) is 0 Å². The maximum atomic E-state index is 15.3. The zero-order chi connectivity index (χ0) is 32.1. The van der Waals surface area contributed by atoms with Crippen LogP contribution in [0, 0.1) is 11.6 Å². The second-order valence-corrected chi connectivity index (χ2v) is 12.4. The van der Waals surface area contributed by atoms with E-state index in [1.807, 2.05) is 0 Å². The minimum Gasteiger partial charge on any atom is -0.329 e. The second-order valence-electron chi connectivity index (χ2n) is 12.4. The van der Waals surface area contributed by atoms with Crippen LogP contribution in [0.4, 0.5) is 32.2 Å². The van der Waals surface area contributed by atoms with Crippen molar-refractivity contribution in [1.29, 1.82) is 0 Å². The van der Waals surface area contributed by atoms with Crippen molar-refractivity contribution in [3.05, 3.63) is 81.2 Å². The maximum Gasteiger partial charge on any atom is 0.257 e. The summed E-state index contributed by atoms with van der Waals surface area (Å²) in [4.78, 5) is 36.1. The quantitative estimate of drug-likeness (QED) is 0.354. The first kappa shape index (κ1) is 31.3. The highest BCUT2D eigenvalue weighted by atomic mass is 19.3. The number of aromatic amines is 1. The van der Waals surface area contributed by atoms with Gasteiger partial charge in [-0.1, -0.05) is 0 Å². The fourth-order valence-corrected chi connectivity index (χ4v) is 6.62. The summed E-state index contributed by atoms with van der Waals surface area (Å²) in [5.74, 6) is -8.07. The number of anilines is 1. The number of H-pyrrole nitrogens is 1. The summed E-state index contributed by atoms with van der Waals surface area (Å²) >= 11 is 0. The first-order valence-electron chi connectivity index (χ1n) is 15.1.